The van der Waals surface area contributed by atoms with Gasteiger partial charge in [0, 0.05) is 17.8 Å². The number of halogens is 3. The molecule has 7 nitrogen and oxygen atoms in total. The average molecular weight is 344 g/mol. The van der Waals surface area contributed by atoms with Crippen LogP contribution in [0.3, 0.4) is 0 Å². The highest BCUT2D eigenvalue weighted by Crippen LogP contribution is 2.35. The molecule has 1 aliphatic heterocycles. The molecule has 1 aromatic carbocycles. The lowest BCUT2D eigenvalue weighted by atomic mass is 10.0. The van der Waals surface area contributed by atoms with E-state index >= 15 is 0 Å². The third-order valence-corrected chi connectivity index (χ3v) is 3.09. The second-order valence-corrected chi connectivity index (χ2v) is 4.81. The van der Waals surface area contributed by atoms with Gasteiger partial charge < -0.3 is 15.4 Å². The van der Waals surface area contributed by atoms with E-state index in [1.807, 2.05) is 5.43 Å². The molecule has 1 aromatic rings. The summed E-state index contributed by atoms with van der Waals surface area (Å²) in [6.45, 7) is 1.59. The lowest BCUT2D eigenvalue weighted by molar-refractivity contribution is -0.137. The fourth-order valence-electron chi connectivity index (χ4n) is 2.01. The van der Waals surface area contributed by atoms with Gasteiger partial charge in [0.15, 0.2) is 0 Å². The van der Waals surface area contributed by atoms with E-state index in [9.17, 15) is 22.8 Å². The van der Waals surface area contributed by atoms with Crippen LogP contribution in [0.1, 0.15) is 18.1 Å². The Morgan fingerprint density at radius 1 is 1.42 bits per heavy atom. The van der Waals surface area contributed by atoms with Crippen LogP contribution in [0.25, 0.3) is 0 Å². The standard InChI is InChI=1S/C14H15F3N4O3/c1-2-18-12(22)6-19-10-4-3-8(5-9(10)14(15,16)17)11-7-24-13(23)21-20-11/h3-5,19H,2,6-7H2,1H3,(H,18,22)(H,21,23). The fraction of sp³-hybridized carbons (Fsp3) is 0.357. The maximum absolute atomic E-state index is 13.2. The van der Waals surface area contributed by atoms with Crippen LogP contribution < -0.4 is 16.1 Å². The highest BCUT2D eigenvalue weighted by Gasteiger charge is 2.34. The molecule has 24 heavy (non-hydrogen) atoms. The number of alkyl halides is 3. The smallest absolute Gasteiger partial charge is 0.428 e. The van der Waals surface area contributed by atoms with E-state index in [0.29, 0.717) is 6.54 Å². The van der Waals surface area contributed by atoms with E-state index in [-0.39, 0.29) is 30.1 Å². The molecule has 0 aromatic heterocycles. The predicted octanol–water partition coefficient (Wildman–Crippen LogP) is 1.70. The first-order chi connectivity index (χ1) is 11.3. The molecule has 0 fully saturated rings. The van der Waals surface area contributed by atoms with Crippen molar-refractivity contribution in [1.29, 1.82) is 0 Å². The molecule has 2 rings (SSSR count). The maximum Gasteiger partial charge on any atom is 0.428 e. The SMILES string of the molecule is CCNC(=O)CNc1ccc(C2=NNC(=O)OC2)cc1C(F)(F)F. The minimum Gasteiger partial charge on any atom is -0.442 e. The zero-order chi connectivity index (χ0) is 17.7. The highest BCUT2D eigenvalue weighted by atomic mass is 19.4. The second-order valence-electron chi connectivity index (χ2n) is 4.81. The summed E-state index contributed by atoms with van der Waals surface area (Å²) in [7, 11) is 0. The van der Waals surface area contributed by atoms with Crippen molar-refractivity contribution in [2.45, 2.75) is 13.1 Å². The van der Waals surface area contributed by atoms with Crippen molar-refractivity contribution in [3.05, 3.63) is 29.3 Å². The van der Waals surface area contributed by atoms with Gasteiger partial charge in [-0.25, -0.2) is 10.2 Å². The van der Waals surface area contributed by atoms with Crippen molar-refractivity contribution >= 4 is 23.4 Å². The van der Waals surface area contributed by atoms with Crippen molar-refractivity contribution in [2.24, 2.45) is 5.10 Å². The number of benzene rings is 1. The van der Waals surface area contributed by atoms with Gasteiger partial charge in [-0.05, 0) is 19.1 Å². The topological polar surface area (TPSA) is 91.8 Å². The minimum atomic E-state index is -4.63. The normalized spacial score (nSPS) is 14.3. The van der Waals surface area contributed by atoms with Crippen LogP contribution in [0.15, 0.2) is 23.3 Å². The van der Waals surface area contributed by atoms with Crippen LogP contribution in [0.4, 0.5) is 23.7 Å². The number of hydrogen-bond acceptors (Lipinski definition) is 5. The van der Waals surface area contributed by atoms with E-state index in [0.717, 1.165) is 6.07 Å². The second kappa shape index (κ2) is 7.20. The van der Waals surface area contributed by atoms with Gasteiger partial charge in [0.05, 0.1) is 12.1 Å². The monoisotopic (exact) mass is 344 g/mol. The quantitative estimate of drug-likeness (QED) is 0.758. The predicted molar refractivity (Wildman–Crippen MR) is 79.6 cm³/mol. The summed E-state index contributed by atoms with van der Waals surface area (Å²) in [6.07, 6.45) is -5.39. The summed E-state index contributed by atoms with van der Waals surface area (Å²) in [5.41, 5.74) is 1.19. The van der Waals surface area contributed by atoms with Crippen molar-refractivity contribution in [3.63, 3.8) is 0 Å². The first kappa shape index (κ1) is 17.6. The number of cyclic esters (lactones) is 1. The third-order valence-electron chi connectivity index (χ3n) is 3.09. The Bertz CT molecular complexity index is 674. The summed E-state index contributed by atoms with van der Waals surface area (Å²) in [6, 6.07) is 3.49. The summed E-state index contributed by atoms with van der Waals surface area (Å²) in [5.74, 6) is -0.414. The van der Waals surface area contributed by atoms with E-state index in [4.69, 9.17) is 0 Å². The van der Waals surface area contributed by atoms with Gasteiger partial charge in [0.2, 0.25) is 5.91 Å². The Kier molecular flexibility index (Phi) is 5.27. The lowest BCUT2D eigenvalue weighted by Crippen LogP contribution is -2.31. The molecule has 0 saturated carbocycles. The van der Waals surface area contributed by atoms with Crippen LogP contribution >= 0.6 is 0 Å². The molecule has 10 heteroatoms. The number of carbonyl (C=O) groups excluding carboxylic acids is 2. The Morgan fingerprint density at radius 2 is 2.17 bits per heavy atom. The molecule has 0 atom stereocenters. The van der Waals surface area contributed by atoms with Gasteiger partial charge in [-0.3, -0.25) is 4.79 Å². The Morgan fingerprint density at radius 3 is 2.75 bits per heavy atom. The van der Waals surface area contributed by atoms with Gasteiger partial charge in [-0.2, -0.15) is 18.3 Å². The molecule has 1 aliphatic rings. The van der Waals surface area contributed by atoms with Crippen LogP contribution in [0, 0.1) is 0 Å². The molecule has 2 amide bonds. The number of hydrogen-bond donors (Lipinski definition) is 3. The Labute approximate surface area is 135 Å². The Hall–Kier alpha value is -2.78. The Balaban J connectivity index is 2.26. The number of ether oxygens (including phenoxy) is 1. The van der Waals surface area contributed by atoms with E-state index in [1.165, 1.54) is 12.1 Å². The molecular weight excluding hydrogens is 329 g/mol. The zero-order valence-corrected chi connectivity index (χ0v) is 12.7. The number of rotatable bonds is 5. The van der Waals surface area contributed by atoms with Gasteiger partial charge in [0.25, 0.3) is 0 Å². The molecule has 0 saturated heterocycles. The fourth-order valence-corrected chi connectivity index (χ4v) is 2.01. The molecule has 1 heterocycles. The number of carbonyl (C=O) groups is 2. The number of amides is 2. The van der Waals surface area contributed by atoms with Crippen LogP contribution in [0.2, 0.25) is 0 Å². The van der Waals surface area contributed by atoms with Gasteiger partial charge in [0.1, 0.15) is 12.3 Å². The van der Waals surface area contributed by atoms with Gasteiger partial charge in [-0.1, -0.05) is 6.07 Å². The lowest BCUT2D eigenvalue weighted by Gasteiger charge is -2.18. The largest absolute Gasteiger partial charge is 0.442 e. The number of nitrogens with one attached hydrogen (secondary N) is 3. The zero-order valence-electron chi connectivity index (χ0n) is 12.7. The number of hydrazone groups is 1. The summed E-state index contributed by atoms with van der Waals surface area (Å²) in [5, 5.41) is 8.62. The average Bonchev–Trinajstić information content (AvgIpc) is 2.53. The molecular formula is C14H15F3N4O3. The van der Waals surface area contributed by atoms with Gasteiger partial charge >= 0.3 is 12.3 Å². The highest BCUT2D eigenvalue weighted by molar-refractivity contribution is 6.04. The van der Waals surface area contributed by atoms with Crippen molar-refractivity contribution < 1.29 is 27.5 Å². The van der Waals surface area contributed by atoms with E-state index in [1.54, 1.807) is 6.92 Å². The van der Waals surface area contributed by atoms with Crippen LogP contribution in [-0.4, -0.2) is 37.4 Å². The number of anilines is 1. The van der Waals surface area contributed by atoms with E-state index in [2.05, 4.69) is 20.5 Å². The molecule has 3 N–H and O–H groups in total. The van der Waals surface area contributed by atoms with Crippen molar-refractivity contribution in [2.75, 3.05) is 25.0 Å². The number of nitrogens with zero attached hydrogens (tertiary/aromatic N) is 1. The molecule has 0 unspecified atom stereocenters. The molecule has 0 spiro atoms. The molecule has 130 valence electrons. The van der Waals surface area contributed by atoms with Crippen molar-refractivity contribution in [1.82, 2.24) is 10.7 Å². The molecule has 0 bridgehead atoms. The molecule has 0 aliphatic carbocycles. The molecule has 0 radical (unpaired) electrons. The van der Waals surface area contributed by atoms with E-state index < -0.39 is 23.7 Å². The van der Waals surface area contributed by atoms with Crippen LogP contribution in [0.5, 0.6) is 0 Å². The summed E-state index contributed by atoms with van der Waals surface area (Å²) >= 11 is 0. The first-order valence-corrected chi connectivity index (χ1v) is 7.02. The van der Waals surface area contributed by atoms with Crippen molar-refractivity contribution in [3.8, 4) is 0 Å². The third kappa shape index (κ3) is 4.37. The van der Waals surface area contributed by atoms with Gasteiger partial charge in [-0.15, -0.1) is 0 Å². The summed E-state index contributed by atoms with van der Waals surface area (Å²) in [4.78, 5) is 22.2. The van der Waals surface area contributed by atoms with Crippen LogP contribution in [-0.2, 0) is 15.7 Å². The number of likely N-dealkylation sites (N-methyl/N-ethyl adjacent to an activating group) is 1. The maximum atomic E-state index is 13.2. The first-order valence-electron chi connectivity index (χ1n) is 7.02. The summed E-state index contributed by atoms with van der Waals surface area (Å²) < 4.78 is 44.4. The minimum absolute atomic E-state index is 0.158.